The molecule has 1 aromatic carbocycles. The molecular weight excluding hydrogens is 260 g/mol. The maximum absolute atomic E-state index is 11.0. The highest BCUT2D eigenvalue weighted by Gasteiger charge is 2.17. The Kier molecular flexibility index (Phi) is 2.79. The van der Waals surface area contributed by atoms with E-state index in [0.717, 1.165) is 5.52 Å². The molecule has 0 spiro atoms. The zero-order chi connectivity index (χ0) is 14.1. The van der Waals surface area contributed by atoms with Crippen molar-refractivity contribution in [1.29, 1.82) is 0 Å². The summed E-state index contributed by atoms with van der Waals surface area (Å²) in [5.74, 6) is 0.748. The van der Waals surface area contributed by atoms with Crippen molar-refractivity contribution in [2.45, 2.75) is 0 Å². The lowest BCUT2D eigenvalue weighted by molar-refractivity contribution is -0.385. The van der Waals surface area contributed by atoms with E-state index in [4.69, 9.17) is 4.74 Å². The maximum Gasteiger partial charge on any atom is 0.311 e. The van der Waals surface area contributed by atoms with Crippen LogP contribution < -0.4 is 4.74 Å². The number of nitro groups is 1. The van der Waals surface area contributed by atoms with Crippen molar-refractivity contribution in [1.82, 2.24) is 15.0 Å². The molecule has 0 saturated heterocycles. The first kappa shape index (κ1) is 12.1. The van der Waals surface area contributed by atoms with E-state index in [2.05, 4.69) is 15.0 Å². The first-order chi connectivity index (χ1) is 9.69. The number of benzene rings is 1. The molecule has 0 bridgehead atoms. The van der Waals surface area contributed by atoms with Gasteiger partial charge in [-0.3, -0.25) is 10.1 Å². The molecule has 0 aliphatic heterocycles. The van der Waals surface area contributed by atoms with Crippen LogP contribution in [-0.2, 0) is 0 Å². The van der Waals surface area contributed by atoms with E-state index in [-0.39, 0.29) is 11.4 Å². The van der Waals surface area contributed by atoms with Gasteiger partial charge in [-0.25, -0.2) is 9.97 Å². The van der Waals surface area contributed by atoms with Crippen LogP contribution in [0.25, 0.3) is 22.6 Å². The molecule has 7 heteroatoms. The van der Waals surface area contributed by atoms with Gasteiger partial charge in [-0.1, -0.05) is 0 Å². The van der Waals surface area contributed by atoms with Crippen molar-refractivity contribution in [3.8, 4) is 17.1 Å². The number of fused-ring (bicyclic) bond motifs is 1. The average Bonchev–Trinajstić information content (AvgIpc) is 2.90. The van der Waals surface area contributed by atoms with Gasteiger partial charge in [0.2, 0.25) is 0 Å². The summed E-state index contributed by atoms with van der Waals surface area (Å²) in [6, 6.07) is 8.33. The number of rotatable bonds is 3. The summed E-state index contributed by atoms with van der Waals surface area (Å²) in [4.78, 5) is 22.0. The predicted molar refractivity (Wildman–Crippen MR) is 72.5 cm³/mol. The van der Waals surface area contributed by atoms with E-state index in [1.165, 1.54) is 13.2 Å². The second-order valence-electron chi connectivity index (χ2n) is 4.10. The quantitative estimate of drug-likeness (QED) is 0.583. The van der Waals surface area contributed by atoms with Crippen LogP contribution >= 0.6 is 0 Å². The second-order valence-corrected chi connectivity index (χ2v) is 4.10. The average molecular weight is 270 g/mol. The Balaban J connectivity index is 2.14. The third kappa shape index (κ3) is 1.95. The van der Waals surface area contributed by atoms with E-state index in [1.807, 2.05) is 6.07 Å². The fourth-order valence-corrected chi connectivity index (χ4v) is 1.96. The number of methoxy groups -OCH3 is 1. The summed E-state index contributed by atoms with van der Waals surface area (Å²) in [6.45, 7) is 0. The zero-order valence-corrected chi connectivity index (χ0v) is 10.5. The predicted octanol–water partition coefficient (Wildman–Crippen LogP) is 2.54. The standard InChI is InChI=1S/C13H10N4O3/c1-20-11-5-4-8(7-10(11)17(18)19)12-15-9-3-2-6-14-13(9)16-12/h2-7H,1H3,(H,14,15,16). The topological polar surface area (TPSA) is 93.9 Å². The minimum absolute atomic E-state index is 0.0987. The van der Waals surface area contributed by atoms with Gasteiger partial charge < -0.3 is 9.72 Å². The first-order valence-electron chi connectivity index (χ1n) is 5.82. The van der Waals surface area contributed by atoms with Crippen LogP contribution in [0.1, 0.15) is 0 Å². The Hall–Kier alpha value is -2.96. The zero-order valence-electron chi connectivity index (χ0n) is 10.5. The molecule has 0 amide bonds. The van der Waals surface area contributed by atoms with Crippen LogP contribution in [0.15, 0.2) is 36.5 Å². The minimum Gasteiger partial charge on any atom is -0.490 e. The molecule has 1 N–H and O–H groups in total. The molecular formula is C13H10N4O3. The molecule has 20 heavy (non-hydrogen) atoms. The fraction of sp³-hybridized carbons (Fsp3) is 0.0769. The number of H-pyrrole nitrogens is 1. The molecule has 3 rings (SSSR count). The summed E-state index contributed by atoms with van der Waals surface area (Å²) in [6.07, 6.45) is 1.64. The molecule has 0 saturated carbocycles. The van der Waals surface area contributed by atoms with Crippen molar-refractivity contribution in [3.63, 3.8) is 0 Å². The van der Waals surface area contributed by atoms with Crippen molar-refractivity contribution >= 4 is 16.9 Å². The Bertz CT molecular complexity index is 764. The lowest BCUT2D eigenvalue weighted by atomic mass is 10.2. The molecule has 0 atom stereocenters. The van der Waals surface area contributed by atoms with Crippen molar-refractivity contribution < 1.29 is 9.66 Å². The summed E-state index contributed by atoms with van der Waals surface area (Å²) in [5, 5.41) is 11.0. The molecule has 2 aromatic heterocycles. The number of hydrogen-bond acceptors (Lipinski definition) is 5. The largest absolute Gasteiger partial charge is 0.490 e. The molecule has 3 aromatic rings. The number of nitrogens with one attached hydrogen (secondary N) is 1. The minimum atomic E-state index is -0.483. The van der Waals surface area contributed by atoms with Crippen LogP contribution in [-0.4, -0.2) is 27.0 Å². The number of hydrogen-bond donors (Lipinski definition) is 1. The molecule has 0 radical (unpaired) electrons. The Morgan fingerprint density at radius 2 is 2.20 bits per heavy atom. The Morgan fingerprint density at radius 3 is 2.90 bits per heavy atom. The number of pyridine rings is 1. The number of nitrogens with zero attached hydrogens (tertiary/aromatic N) is 3. The summed E-state index contributed by atoms with van der Waals surface area (Å²) >= 11 is 0. The Morgan fingerprint density at radius 1 is 1.35 bits per heavy atom. The highest BCUT2D eigenvalue weighted by atomic mass is 16.6. The lowest BCUT2D eigenvalue weighted by Gasteiger charge is -2.02. The first-order valence-corrected chi connectivity index (χ1v) is 5.82. The number of imidazole rings is 1. The monoisotopic (exact) mass is 270 g/mol. The van der Waals surface area contributed by atoms with Gasteiger partial charge in [-0.2, -0.15) is 0 Å². The summed E-state index contributed by atoms with van der Waals surface area (Å²) in [5.41, 5.74) is 1.86. The van der Waals surface area contributed by atoms with Gasteiger partial charge in [0.05, 0.1) is 17.5 Å². The molecule has 7 nitrogen and oxygen atoms in total. The Labute approximate surface area is 113 Å². The third-order valence-electron chi connectivity index (χ3n) is 2.91. The van der Waals surface area contributed by atoms with Gasteiger partial charge in [0, 0.05) is 17.8 Å². The SMILES string of the molecule is COc1ccc(-c2nc3ncccc3[nH]2)cc1[N+](=O)[O-]. The van der Waals surface area contributed by atoms with Gasteiger partial charge in [0.25, 0.3) is 0 Å². The summed E-state index contributed by atoms with van der Waals surface area (Å²) in [7, 11) is 1.40. The van der Waals surface area contributed by atoms with E-state index in [9.17, 15) is 10.1 Å². The van der Waals surface area contributed by atoms with Crippen LogP contribution in [0.4, 0.5) is 5.69 Å². The smallest absolute Gasteiger partial charge is 0.311 e. The molecule has 100 valence electrons. The van der Waals surface area contributed by atoms with Crippen molar-refractivity contribution in [3.05, 3.63) is 46.6 Å². The number of aromatic nitrogens is 3. The summed E-state index contributed by atoms with van der Waals surface area (Å²) < 4.78 is 4.97. The molecule has 0 fully saturated rings. The molecule has 0 aliphatic carbocycles. The van der Waals surface area contributed by atoms with Gasteiger partial charge in [0.1, 0.15) is 5.82 Å². The van der Waals surface area contributed by atoms with E-state index in [0.29, 0.717) is 17.0 Å². The molecule has 0 unspecified atom stereocenters. The van der Waals surface area contributed by atoms with Crippen LogP contribution in [0.3, 0.4) is 0 Å². The van der Waals surface area contributed by atoms with E-state index >= 15 is 0 Å². The fourth-order valence-electron chi connectivity index (χ4n) is 1.96. The molecule has 2 heterocycles. The van der Waals surface area contributed by atoms with Gasteiger partial charge in [-0.15, -0.1) is 0 Å². The van der Waals surface area contributed by atoms with Crippen LogP contribution in [0.2, 0.25) is 0 Å². The number of ether oxygens (including phenoxy) is 1. The number of nitro benzene ring substituents is 1. The maximum atomic E-state index is 11.0. The van der Waals surface area contributed by atoms with Crippen LogP contribution in [0.5, 0.6) is 5.75 Å². The second kappa shape index (κ2) is 4.61. The highest BCUT2D eigenvalue weighted by Crippen LogP contribution is 2.31. The highest BCUT2D eigenvalue weighted by molar-refractivity contribution is 5.76. The third-order valence-corrected chi connectivity index (χ3v) is 2.91. The van der Waals surface area contributed by atoms with Gasteiger partial charge in [0.15, 0.2) is 11.4 Å². The van der Waals surface area contributed by atoms with Crippen LogP contribution in [0, 0.1) is 10.1 Å². The lowest BCUT2D eigenvalue weighted by Crippen LogP contribution is -1.94. The van der Waals surface area contributed by atoms with Crippen molar-refractivity contribution in [2.75, 3.05) is 7.11 Å². The number of aromatic amines is 1. The van der Waals surface area contributed by atoms with Crippen molar-refractivity contribution in [2.24, 2.45) is 0 Å². The van der Waals surface area contributed by atoms with E-state index < -0.39 is 4.92 Å². The van der Waals surface area contributed by atoms with Gasteiger partial charge >= 0.3 is 5.69 Å². The van der Waals surface area contributed by atoms with E-state index in [1.54, 1.807) is 24.4 Å². The molecule has 0 aliphatic rings. The normalized spacial score (nSPS) is 10.7. The van der Waals surface area contributed by atoms with Gasteiger partial charge in [-0.05, 0) is 24.3 Å².